The van der Waals surface area contributed by atoms with Crippen LogP contribution in [0.3, 0.4) is 0 Å². The van der Waals surface area contributed by atoms with Gasteiger partial charge in [-0.2, -0.15) is 26.3 Å². The quantitative estimate of drug-likeness (QED) is 0.0339. The van der Waals surface area contributed by atoms with Crippen molar-refractivity contribution in [2.45, 2.75) is 169 Å². The molecule has 20 nitrogen and oxygen atoms in total. The highest BCUT2D eigenvalue weighted by Gasteiger charge is 2.31. The lowest BCUT2D eigenvalue weighted by Crippen LogP contribution is -2.39. The van der Waals surface area contributed by atoms with Crippen LogP contribution in [0.25, 0.3) is 0 Å². The van der Waals surface area contributed by atoms with Gasteiger partial charge in [-0.15, -0.1) is 12.4 Å². The molecule has 1 aliphatic heterocycles. The van der Waals surface area contributed by atoms with E-state index in [2.05, 4.69) is 31.9 Å². The van der Waals surface area contributed by atoms with E-state index in [-0.39, 0.29) is 92.3 Å². The van der Waals surface area contributed by atoms with Gasteiger partial charge in [0, 0.05) is 98.5 Å². The van der Waals surface area contributed by atoms with Gasteiger partial charge in [-0.1, -0.05) is 74.1 Å². The zero-order valence-electron chi connectivity index (χ0n) is 52.2. The summed E-state index contributed by atoms with van der Waals surface area (Å²) in [5.74, 6) is -1.27. The number of carboxylic acids is 1. The van der Waals surface area contributed by atoms with Crippen molar-refractivity contribution in [1.29, 1.82) is 26.3 Å². The van der Waals surface area contributed by atoms with Crippen LogP contribution in [0.4, 0.5) is 22.7 Å². The Balaban J connectivity index is 0.00000113. The lowest BCUT2D eigenvalue weighted by molar-refractivity contribution is -0.156. The number of halogens is 5. The Hall–Kier alpha value is -7.26. The third kappa shape index (κ3) is 33.8. The van der Waals surface area contributed by atoms with E-state index in [0.29, 0.717) is 85.8 Å². The van der Waals surface area contributed by atoms with Crippen molar-refractivity contribution in [2.75, 3.05) is 47.4 Å². The highest BCUT2D eigenvalue weighted by atomic mass is 35.5. The van der Waals surface area contributed by atoms with Crippen molar-refractivity contribution < 1.29 is 33.8 Å². The van der Waals surface area contributed by atoms with Crippen molar-refractivity contribution in [1.82, 2.24) is 15.5 Å². The fraction of sp³-hybridized carbons (Fsp3) is 0.476. The van der Waals surface area contributed by atoms with Gasteiger partial charge in [0.15, 0.2) is 0 Å². The van der Waals surface area contributed by atoms with Gasteiger partial charge in [-0.05, 0) is 128 Å². The van der Waals surface area contributed by atoms with Crippen molar-refractivity contribution >= 4 is 105 Å². The molecular weight excluding hydrogens is 1230 g/mol. The van der Waals surface area contributed by atoms with Gasteiger partial charge in [-0.3, -0.25) is 19.2 Å². The Morgan fingerprint density at radius 3 is 1.20 bits per heavy atom. The summed E-state index contributed by atoms with van der Waals surface area (Å²) < 4.78 is 10.7. The van der Waals surface area contributed by atoms with Crippen LogP contribution in [0.5, 0.6) is 0 Å². The van der Waals surface area contributed by atoms with E-state index >= 15 is 0 Å². The molecule has 1 fully saturated rings. The van der Waals surface area contributed by atoms with E-state index in [1.54, 1.807) is 72.8 Å². The predicted molar refractivity (Wildman–Crippen MR) is 353 cm³/mol. The number of rotatable bonds is 22. The molecule has 478 valence electrons. The summed E-state index contributed by atoms with van der Waals surface area (Å²) >= 11 is 24.0. The molecule has 0 aromatic heterocycles. The number of aliphatic carboxylic acids is 1. The summed E-state index contributed by atoms with van der Waals surface area (Å²) in [6, 6.07) is 30.3. The van der Waals surface area contributed by atoms with Crippen molar-refractivity contribution in [3.8, 4) is 30.3 Å². The fourth-order valence-corrected chi connectivity index (χ4v) is 8.62. The van der Waals surface area contributed by atoms with Gasteiger partial charge in [0.05, 0.1) is 73.7 Å². The summed E-state index contributed by atoms with van der Waals surface area (Å²) in [5.41, 5.74) is 9.33. The third-order valence-corrected chi connectivity index (χ3v) is 12.8. The number of likely N-dealkylation sites (tertiary alicyclic amines) is 1. The molecule has 1 amide bonds. The zero-order valence-corrected chi connectivity index (χ0v) is 56.0. The lowest BCUT2D eigenvalue weighted by atomic mass is 10.1. The second-order valence-electron chi connectivity index (χ2n) is 22.7. The van der Waals surface area contributed by atoms with E-state index < -0.39 is 17.2 Å². The minimum absolute atomic E-state index is 0. The normalized spacial score (nSPS) is 13.2. The van der Waals surface area contributed by atoms with Crippen LogP contribution >= 0.6 is 58.8 Å². The first kappa shape index (κ1) is 80.7. The Bertz CT molecular complexity index is 3100. The van der Waals surface area contributed by atoms with E-state index in [0.717, 1.165) is 11.4 Å². The van der Waals surface area contributed by atoms with Crippen LogP contribution in [0.1, 0.15) is 138 Å². The molecule has 0 spiro atoms. The van der Waals surface area contributed by atoms with Crippen LogP contribution in [0.2, 0.25) is 20.1 Å². The number of carbonyl (C=O) groups is 4. The largest absolute Gasteiger partial charge is 0.481 e. The highest BCUT2D eigenvalue weighted by molar-refractivity contribution is 6.33. The summed E-state index contributed by atoms with van der Waals surface area (Å²) in [6.07, 6.45) is 0.882. The molecule has 4 aromatic carbocycles. The maximum atomic E-state index is 12.1. The molecule has 5 rings (SSSR count). The number of nitrogens with zero attached hydrogens (tertiary/aromatic N) is 6. The number of carboxylic acid groups (broad SMARTS) is 1. The fourth-order valence-electron chi connectivity index (χ4n) is 7.73. The lowest BCUT2D eigenvalue weighted by Gasteiger charge is -2.24. The number of anilines is 4. The number of hydrogen-bond donors (Lipinski definition) is 8. The molecule has 0 saturated carbocycles. The summed E-state index contributed by atoms with van der Waals surface area (Å²) in [5, 5.41) is 72.5. The number of ether oxygens (including phenoxy) is 2. The SMILES string of the molecule is CC#N.CC(C)(C)OC(=O)C[C@@H](CN)Nc1ccc(C#N)c(Cl)c1.CC(C)N1C[C@@H](Nc2ccc(C#N)c(Cl)c2)CC1=O.CC(C)NC[C@H](CC(=O)O)Nc1ccc(C#N)c(Cl)c1.CC(C)NC[C@H](CC(=O)OC(C)(C)C)Nc1ccc(C#N)c(Cl)c1.Cl. The number of benzene rings is 4. The number of carbonyl (C=O) groups excluding carboxylic acids is 3. The molecule has 0 aliphatic carbocycles. The second-order valence-corrected chi connectivity index (χ2v) is 24.3. The van der Waals surface area contributed by atoms with E-state index in [1.165, 1.54) is 6.92 Å². The van der Waals surface area contributed by atoms with E-state index in [4.69, 9.17) is 93.0 Å². The highest BCUT2D eigenvalue weighted by Crippen LogP contribution is 2.26. The van der Waals surface area contributed by atoms with Gasteiger partial charge in [0.2, 0.25) is 5.91 Å². The minimum Gasteiger partial charge on any atom is -0.481 e. The van der Waals surface area contributed by atoms with Gasteiger partial charge in [0.25, 0.3) is 0 Å². The predicted octanol–water partition coefficient (Wildman–Crippen LogP) is 12.5. The summed E-state index contributed by atoms with van der Waals surface area (Å²) in [4.78, 5) is 48.5. The Kier molecular flexibility index (Phi) is 37.7. The first-order valence-corrected chi connectivity index (χ1v) is 29.5. The Labute approximate surface area is 545 Å². The van der Waals surface area contributed by atoms with Crippen molar-refractivity contribution in [3.63, 3.8) is 0 Å². The van der Waals surface area contributed by atoms with Gasteiger partial charge in [0.1, 0.15) is 35.5 Å². The number of nitrogens with one attached hydrogen (secondary N) is 6. The van der Waals surface area contributed by atoms with Crippen LogP contribution in [-0.4, -0.2) is 113 Å². The third-order valence-electron chi connectivity index (χ3n) is 11.5. The molecule has 25 heteroatoms. The van der Waals surface area contributed by atoms with Crippen LogP contribution < -0.4 is 37.6 Å². The maximum Gasteiger partial charge on any atom is 0.308 e. The van der Waals surface area contributed by atoms with Gasteiger partial charge >= 0.3 is 17.9 Å². The molecule has 1 aliphatic rings. The molecule has 0 radical (unpaired) electrons. The molecular formula is C63H84Cl5N13O7. The number of nitriles is 5. The van der Waals surface area contributed by atoms with Gasteiger partial charge in [-0.25, -0.2) is 0 Å². The van der Waals surface area contributed by atoms with Crippen LogP contribution in [0, 0.1) is 56.7 Å². The standard InChI is InChI=1S/C18H26ClN3O2.C15H20ClN3O2.C14H18ClN3O2.C14H16ClN3O.C2H3N.ClH/c1-12(2)21-11-15(9-17(23)24-18(3,4)5)22-14-7-6-13(10-20)16(19)8-14;1-15(2,3)21-14(20)7-12(9-18)19-11-5-4-10(8-17)13(16)6-11;1-9(2)17-8-12(6-14(19)20)18-11-4-3-10(7-16)13(15)5-11;1-9(2)18-8-12(6-14(18)19)17-11-4-3-10(7-16)13(15)5-11;1-2-3;/h6-8,12,15,21-22H,9,11H2,1-5H3;4-6,12,19H,7,9,18H2,1-3H3;3-5,9,12,17-18H,6,8H2,1-2H3,(H,19,20);3-5,9,12,17H,6,8H2,1-2H3;1H3;1H/t15-;3*12-;;/m0000../s1. The van der Waals surface area contributed by atoms with Crippen molar-refractivity contribution in [2.24, 2.45) is 5.73 Å². The number of nitrogens with two attached hydrogens (primary N) is 1. The average Bonchev–Trinajstić information content (AvgIpc) is 3.41. The summed E-state index contributed by atoms with van der Waals surface area (Å²) in [7, 11) is 0. The molecule has 1 heterocycles. The molecule has 0 bridgehead atoms. The zero-order chi connectivity index (χ0) is 66.2. The topological polar surface area (TPSA) is 327 Å². The number of amides is 1. The minimum atomic E-state index is -0.868. The van der Waals surface area contributed by atoms with Crippen LogP contribution in [0.15, 0.2) is 72.8 Å². The molecule has 88 heavy (non-hydrogen) atoms. The Morgan fingerprint density at radius 2 is 0.920 bits per heavy atom. The molecule has 4 atom stereocenters. The molecule has 0 unspecified atom stereocenters. The summed E-state index contributed by atoms with van der Waals surface area (Å²) in [6.45, 7) is 26.6. The first-order valence-electron chi connectivity index (χ1n) is 28.0. The van der Waals surface area contributed by atoms with Crippen molar-refractivity contribution in [3.05, 3.63) is 115 Å². The molecule has 1 saturated heterocycles. The van der Waals surface area contributed by atoms with E-state index in [9.17, 15) is 19.2 Å². The molecule has 9 N–H and O–H groups in total. The maximum absolute atomic E-state index is 12.1. The average molecular weight is 1310 g/mol. The monoisotopic (exact) mass is 1310 g/mol. The van der Waals surface area contributed by atoms with Gasteiger partial charge < -0.3 is 57.1 Å². The molecule has 4 aromatic rings. The smallest absolute Gasteiger partial charge is 0.308 e. The Morgan fingerprint density at radius 1 is 0.602 bits per heavy atom. The second kappa shape index (κ2) is 41.1. The van der Waals surface area contributed by atoms with Crippen LogP contribution in [-0.2, 0) is 28.7 Å². The first-order chi connectivity index (χ1) is 40.7. The number of esters is 2. The van der Waals surface area contributed by atoms with E-state index in [1.807, 2.05) is 118 Å². The number of hydrogen-bond acceptors (Lipinski definition) is 18.